The molecule has 22 heavy (non-hydrogen) atoms. The summed E-state index contributed by atoms with van der Waals surface area (Å²) in [5.74, 6) is -0.129. The highest BCUT2D eigenvalue weighted by atomic mass is 16.2. The van der Waals surface area contributed by atoms with E-state index in [1.54, 1.807) is 23.0 Å². The molecule has 0 N–H and O–H groups in total. The van der Waals surface area contributed by atoms with E-state index >= 15 is 0 Å². The largest absolute Gasteiger partial charge is 0.282 e. The molecule has 4 nitrogen and oxygen atoms in total. The summed E-state index contributed by atoms with van der Waals surface area (Å²) in [5, 5.41) is 0. The third-order valence-corrected chi connectivity index (χ3v) is 4.08. The number of pyridine rings is 2. The first kappa shape index (κ1) is 14.7. The molecule has 1 aliphatic carbocycles. The van der Waals surface area contributed by atoms with Crippen LogP contribution in [0.15, 0.2) is 47.7 Å². The monoisotopic (exact) mass is 295 g/mol. The normalized spacial score (nSPS) is 16.7. The summed E-state index contributed by atoms with van der Waals surface area (Å²) < 4.78 is 1.62. The molecule has 0 unspecified atom stereocenters. The van der Waals surface area contributed by atoms with Crippen LogP contribution in [0.4, 0.5) is 0 Å². The minimum atomic E-state index is -0.129. The van der Waals surface area contributed by atoms with Crippen LogP contribution in [0.2, 0.25) is 0 Å². The zero-order valence-corrected chi connectivity index (χ0v) is 12.9. The number of aryl methyl sites for hydroxylation is 1. The third kappa shape index (κ3) is 3.32. The first-order valence-corrected chi connectivity index (χ1v) is 7.93. The minimum absolute atomic E-state index is 0.129. The van der Waals surface area contributed by atoms with E-state index in [1.165, 1.54) is 19.3 Å². The first-order chi connectivity index (χ1) is 10.7. The second-order valence-corrected chi connectivity index (χ2v) is 5.87. The lowest BCUT2D eigenvalue weighted by atomic mass is 9.96. The molecule has 1 saturated carbocycles. The Labute approximate surface area is 130 Å². The SMILES string of the molecule is Cc1ccn(C(=O)c2ccccn2)c(=NC2CCCCC2)c1. The summed E-state index contributed by atoms with van der Waals surface area (Å²) in [5.41, 5.74) is 2.29. The van der Waals surface area contributed by atoms with Gasteiger partial charge in [0.05, 0.1) is 6.04 Å². The Bertz CT molecular complexity index is 713. The van der Waals surface area contributed by atoms with Gasteiger partial charge in [0.25, 0.3) is 5.91 Å². The number of hydrogen-bond donors (Lipinski definition) is 0. The summed E-state index contributed by atoms with van der Waals surface area (Å²) in [4.78, 5) is 21.7. The maximum Gasteiger partial charge on any atom is 0.282 e. The third-order valence-electron chi connectivity index (χ3n) is 4.08. The van der Waals surface area contributed by atoms with Crippen molar-refractivity contribution >= 4 is 5.91 Å². The highest BCUT2D eigenvalue weighted by molar-refractivity contribution is 5.93. The van der Waals surface area contributed by atoms with Crippen molar-refractivity contribution in [3.8, 4) is 0 Å². The fraction of sp³-hybridized carbons (Fsp3) is 0.389. The van der Waals surface area contributed by atoms with Gasteiger partial charge in [-0.25, -0.2) is 0 Å². The van der Waals surface area contributed by atoms with Crippen molar-refractivity contribution in [3.05, 3.63) is 59.5 Å². The number of carbonyl (C=O) groups excluding carboxylic acids is 1. The molecule has 114 valence electrons. The standard InChI is InChI=1S/C18H21N3O/c1-14-10-12-21(18(22)16-9-5-6-11-19-16)17(13-14)20-15-7-3-2-4-8-15/h5-6,9-13,15H,2-4,7-8H2,1H3. The Morgan fingerprint density at radius 2 is 2.05 bits per heavy atom. The van der Waals surface area contributed by atoms with Crippen LogP contribution >= 0.6 is 0 Å². The van der Waals surface area contributed by atoms with Crippen LogP contribution in [0.3, 0.4) is 0 Å². The smallest absolute Gasteiger partial charge is 0.267 e. The lowest BCUT2D eigenvalue weighted by molar-refractivity contribution is 0.0949. The van der Waals surface area contributed by atoms with E-state index in [0.29, 0.717) is 11.7 Å². The zero-order chi connectivity index (χ0) is 15.4. The molecule has 0 bridgehead atoms. The molecule has 2 aromatic rings. The minimum Gasteiger partial charge on any atom is -0.267 e. The van der Waals surface area contributed by atoms with Crippen LogP contribution < -0.4 is 5.49 Å². The number of aromatic nitrogens is 2. The Hall–Kier alpha value is -2.23. The van der Waals surface area contributed by atoms with E-state index in [9.17, 15) is 4.79 Å². The van der Waals surface area contributed by atoms with Crippen LogP contribution in [0, 0.1) is 6.92 Å². The van der Waals surface area contributed by atoms with E-state index < -0.39 is 0 Å². The molecule has 0 spiro atoms. The van der Waals surface area contributed by atoms with Gasteiger partial charge in [-0.15, -0.1) is 0 Å². The lowest BCUT2D eigenvalue weighted by Gasteiger charge is -2.18. The highest BCUT2D eigenvalue weighted by Gasteiger charge is 2.14. The van der Waals surface area contributed by atoms with E-state index in [2.05, 4.69) is 4.98 Å². The Morgan fingerprint density at radius 3 is 2.77 bits per heavy atom. The van der Waals surface area contributed by atoms with E-state index in [1.807, 2.05) is 31.2 Å². The maximum absolute atomic E-state index is 12.7. The number of rotatable bonds is 2. The molecule has 0 aromatic carbocycles. The van der Waals surface area contributed by atoms with Gasteiger partial charge in [-0.2, -0.15) is 0 Å². The molecule has 4 heteroatoms. The molecule has 0 radical (unpaired) electrons. The second-order valence-electron chi connectivity index (χ2n) is 5.87. The molecule has 1 aliphatic rings. The van der Waals surface area contributed by atoms with Gasteiger partial charge in [-0.3, -0.25) is 19.3 Å². The van der Waals surface area contributed by atoms with Gasteiger partial charge < -0.3 is 0 Å². The molecule has 0 atom stereocenters. The van der Waals surface area contributed by atoms with Gasteiger partial charge in [0, 0.05) is 12.4 Å². The van der Waals surface area contributed by atoms with Crippen molar-refractivity contribution in [3.63, 3.8) is 0 Å². The summed E-state index contributed by atoms with van der Waals surface area (Å²) in [6.45, 7) is 2.02. The van der Waals surface area contributed by atoms with Crippen LogP contribution in [0.5, 0.6) is 0 Å². The Kier molecular flexibility index (Phi) is 4.47. The summed E-state index contributed by atoms with van der Waals surface area (Å²) in [6.07, 6.45) is 9.43. The summed E-state index contributed by atoms with van der Waals surface area (Å²) in [7, 11) is 0. The quantitative estimate of drug-likeness (QED) is 0.854. The Morgan fingerprint density at radius 1 is 1.23 bits per heavy atom. The van der Waals surface area contributed by atoms with Crippen LogP contribution in [0.25, 0.3) is 0 Å². The van der Waals surface area contributed by atoms with Gasteiger partial charge in [0.15, 0.2) is 0 Å². The van der Waals surface area contributed by atoms with Crippen LogP contribution in [-0.4, -0.2) is 21.5 Å². The molecule has 3 rings (SSSR count). The molecule has 1 fully saturated rings. The first-order valence-electron chi connectivity index (χ1n) is 7.93. The lowest BCUT2D eigenvalue weighted by Crippen LogP contribution is -2.30. The fourth-order valence-electron chi connectivity index (χ4n) is 2.87. The average molecular weight is 295 g/mol. The van der Waals surface area contributed by atoms with Gasteiger partial charge >= 0.3 is 0 Å². The topological polar surface area (TPSA) is 47.2 Å². The van der Waals surface area contributed by atoms with Gasteiger partial charge in [0.2, 0.25) is 0 Å². The number of hydrogen-bond acceptors (Lipinski definition) is 3. The van der Waals surface area contributed by atoms with Crippen molar-refractivity contribution in [1.82, 2.24) is 9.55 Å². The van der Waals surface area contributed by atoms with Gasteiger partial charge in [-0.1, -0.05) is 25.3 Å². The van der Waals surface area contributed by atoms with Crippen LogP contribution in [-0.2, 0) is 0 Å². The summed E-state index contributed by atoms with van der Waals surface area (Å²) >= 11 is 0. The molecule has 2 aromatic heterocycles. The molecule has 0 aliphatic heterocycles. The maximum atomic E-state index is 12.7. The van der Waals surface area contributed by atoms with Gasteiger partial charge in [-0.05, 0) is 49.6 Å². The second kappa shape index (κ2) is 6.69. The molecule has 0 saturated heterocycles. The highest BCUT2D eigenvalue weighted by Crippen LogP contribution is 2.19. The Balaban J connectivity index is 2.01. The van der Waals surface area contributed by atoms with Crippen LogP contribution in [0.1, 0.15) is 48.2 Å². The van der Waals surface area contributed by atoms with E-state index in [-0.39, 0.29) is 5.91 Å². The molecule has 2 heterocycles. The van der Waals surface area contributed by atoms with E-state index in [4.69, 9.17) is 4.99 Å². The van der Waals surface area contributed by atoms with Crippen molar-refractivity contribution < 1.29 is 4.79 Å². The van der Waals surface area contributed by atoms with Crippen molar-refractivity contribution in [2.24, 2.45) is 4.99 Å². The van der Waals surface area contributed by atoms with Gasteiger partial charge in [0.1, 0.15) is 11.2 Å². The summed E-state index contributed by atoms with van der Waals surface area (Å²) in [6, 6.07) is 9.62. The number of nitrogens with zero attached hydrogens (tertiary/aromatic N) is 3. The zero-order valence-electron chi connectivity index (χ0n) is 12.9. The predicted molar refractivity (Wildman–Crippen MR) is 85.6 cm³/mol. The van der Waals surface area contributed by atoms with Crippen molar-refractivity contribution in [1.29, 1.82) is 0 Å². The van der Waals surface area contributed by atoms with E-state index in [0.717, 1.165) is 23.9 Å². The fourth-order valence-corrected chi connectivity index (χ4v) is 2.87. The molecular weight excluding hydrogens is 274 g/mol. The predicted octanol–water partition coefficient (Wildman–Crippen LogP) is 3.11. The van der Waals surface area contributed by atoms with Crippen molar-refractivity contribution in [2.45, 2.75) is 45.1 Å². The molecular formula is C18H21N3O. The van der Waals surface area contributed by atoms with Crippen molar-refractivity contribution in [2.75, 3.05) is 0 Å². The molecule has 0 amide bonds. The number of carbonyl (C=O) groups is 1. The average Bonchev–Trinajstić information content (AvgIpc) is 2.56.